The Labute approximate surface area is 116 Å². The summed E-state index contributed by atoms with van der Waals surface area (Å²) in [5.41, 5.74) is 2.92. The summed E-state index contributed by atoms with van der Waals surface area (Å²) in [6, 6.07) is 2.27. The average molecular weight is 259 g/mol. The van der Waals surface area contributed by atoms with Gasteiger partial charge in [0.2, 0.25) is 0 Å². The SMILES string of the molecule is Cc1cncc(N2CCCNC3(CCCCC3)C2)c1. The second-order valence-electron chi connectivity index (χ2n) is 6.26. The van der Waals surface area contributed by atoms with Crippen LogP contribution in [0.2, 0.25) is 0 Å². The molecule has 0 aromatic carbocycles. The predicted octanol–water partition coefficient (Wildman–Crippen LogP) is 2.89. The Kier molecular flexibility index (Phi) is 3.74. The van der Waals surface area contributed by atoms with Crippen LogP contribution in [-0.2, 0) is 0 Å². The van der Waals surface area contributed by atoms with Crippen molar-refractivity contribution in [2.75, 3.05) is 24.5 Å². The Balaban J connectivity index is 1.81. The van der Waals surface area contributed by atoms with E-state index in [-0.39, 0.29) is 0 Å². The van der Waals surface area contributed by atoms with Gasteiger partial charge in [0.15, 0.2) is 0 Å². The monoisotopic (exact) mass is 259 g/mol. The van der Waals surface area contributed by atoms with E-state index in [1.807, 2.05) is 12.4 Å². The Morgan fingerprint density at radius 2 is 2.00 bits per heavy atom. The zero-order valence-electron chi connectivity index (χ0n) is 12.0. The number of aromatic nitrogens is 1. The van der Waals surface area contributed by atoms with Crippen molar-refractivity contribution in [3.63, 3.8) is 0 Å². The largest absolute Gasteiger partial charge is 0.368 e. The van der Waals surface area contributed by atoms with E-state index in [9.17, 15) is 0 Å². The minimum Gasteiger partial charge on any atom is -0.368 e. The highest BCUT2D eigenvalue weighted by Crippen LogP contribution is 2.31. The molecule has 1 aromatic rings. The van der Waals surface area contributed by atoms with Crippen LogP contribution in [0.3, 0.4) is 0 Å². The summed E-state index contributed by atoms with van der Waals surface area (Å²) in [6.07, 6.45) is 12.0. The topological polar surface area (TPSA) is 28.2 Å². The first-order valence-electron chi connectivity index (χ1n) is 7.69. The Bertz CT molecular complexity index is 424. The Morgan fingerprint density at radius 3 is 2.79 bits per heavy atom. The lowest BCUT2D eigenvalue weighted by Gasteiger charge is -2.40. The van der Waals surface area contributed by atoms with E-state index >= 15 is 0 Å². The molecule has 2 heterocycles. The molecule has 19 heavy (non-hydrogen) atoms. The zero-order valence-corrected chi connectivity index (χ0v) is 12.0. The lowest BCUT2D eigenvalue weighted by molar-refractivity contribution is 0.246. The van der Waals surface area contributed by atoms with E-state index in [0.29, 0.717) is 5.54 Å². The quantitative estimate of drug-likeness (QED) is 0.840. The summed E-state index contributed by atoms with van der Waals surface area (Å²) in [5.74, 6) is 0. The zero-order chi connectivity index (χ0) is 13.1. The molecular formula is C16H25N3. The molecule has 2 fully saturated rings. The number of pyridine rings is 1. The summed E-state index contributed by atoms with van der Waals surface area (Å²) in [4.78, 5) is 6.91. The molecule has 0 amide bonds. The normalized spacial score (nSPS) is 23.3. The van der Waals surface area contributed by atoms with E-state index in [1.165, 1.54) is 49.8 Å². The Hall–Kier alpha value is -1.09. The van der Waals surface area contributed by atoms with Gasteiger partial charge in [-0.15, -0.1) is 0 Å². The minimum absolute atomic E-state index is 0.360. The van der Waals surface area contributed by atoms with Gasteiger partial charge in [-0.25, -0.2) is 0 Å². The number of hydrogen-bond acceptors (Lipinski definition) is 3. The fraction of sp³-hybridized carbons (Fsp3) is 0.688. The van der Waals surface area contributed by atoms with Crippen LogP contribution < -0.4 is 10.2 Å². The van der Waals surface area contributed by atoms with Gasteiger partial charge in [0.05, 0.1) is 11.9 Å². The van der Waals surface area contributed by atoms with Crippen LogP contribution in [0.25, 0.3) is 0 Å². The molecule has 0 radical (unpaired) electrons. The molecule has 104 valence electrons. The lowest BCUT2D eigenvalue weighted by atomic mass is 9.81. The molecule has 1 saturated carbocycles. The molecular weight excluding hydrogens is 234 g/mol. The highest BCUT2D eigenvalue weighted by molar-refractivity contribution is 5.46. The van der Waals surface area contributed by atoms with Gasteiger partial charge in [0, 0.05) is 24.8 Å². The van der Waals surface area contributed by atoms with Crippen molar-refractivity contribution in [3.05, 3.63) is 24.0 Å². The maximum absolute atomic E-state index is 4.36. The molecule has 1 aliphatic carbocycles. The fourth-order valence-corrected chi connectivity index (χ4v) is 3.62. The van der Waals surface area contributed by atoms with Crippen LogP contribution in [-0.4, -0.2) is 30.2 Å². The van der Waals surface area contributed by atoms with Gasteiger partial charge >= 0.3 is 0 Å². The van der Waals surface area contributed by atoms with Gasteiger partial charge in [-0.05, 0) is 44.4 Å². The molecule has 1 N–H and O–H groups in total. The van der Waals surface area contributed by atoms with E-state index in [1.54, 1.807) is 0 Å². The first kappa shape index (κ1) is 12.9. The van der Waals surface area contributed by atoms with E-state index in [0.717, 1.165) is 19.6 Å². The average Bonchev–Trinajstić information content (AvgIpc) is 2.63. The van der Waals surface area contributed by atoms with Crippen molar-refractivity contribution in [3.8, 4) is 0 Å². The minimum atomic E-state index is 0.360. The van der Waals surface area contributed by atoms with Gasteiger partial charge in [-0.1, -0.05) is 19.3 Å². The number of anilines is 1. The third-order valence-corrected chi connectivity index (χ3v) is 4.63. The Morgan fingerprint density at radius 1 is 1.16 bits per heavy atom. The molecule has 1 aliphatic heterocycles. The number of hydrogen-bond donors (Lipinski definition) is 1. The number of nitrogens with zero attached hydrogens (tertiary/aromatic N) is 2. The van der Waals surface area contributed by atoms with Gasteiger partial charge in [-0.2, -0.15) is 0 Å². The molecule has 3 rings (SSSR count). The molecule has 3 nitrogen and oxygen atoms in total. The lowest BCUT2D eigenvalue weighted by Crippen LogP contribution is -2.52. The van der Waals surface area contributed by atoms with Crippen molar-refractivity contribution in [1.29, 1.82) is 0 Å². The molecule has 0 bridgehead atoms. The summed E-state index contributed by atoms with van der Waals surface area (Å²) < 4.78 is 0. The van der Waals surface area contributed by atoms with Gasteiger partial charge in [0.1, 0.15) is 0 Å². The van der Waals surface area contributed by atoms with E-state index in [4.69, 9.17) is 0 Å². The van der Waals surface area contributed by atoms with Crippen molar-refractivity contribution < 1.29 is 0 Å². The smallest absolute Gasteiger partial charge is 0.0556 e. The number of aryl methyl sites for hydroxylation is 1. The van der Waals surface area contributed by atoms with Crippen LogP contribution >= 0.6 is 0 Å². The van der Waals surface area contributed by atoms with Crippen LogP contribution in [0.4, 0.5) is 5.69 Å². The molecule has 1 spiro atoms. The van der Waals surface area contributed by atoms with Crippen molar-refractivity contribution in [1.82, 2.24) is 10.3 Å². The molecule has 2 aliphatic rings. The maximum atomic E-state index is 4.36. The predicted molar refractivity (Wildman–Crippen MR) is 79.6 cm³/mol. The summed E-state index contributed by atoms with van der Waals surface area (Å²) in [6.45, 7) is 5.59. The van der Waals surface area contributed by atoms with Crippen LogP contribution in [0.5, 0.6) is 0 Å². The van der Waals surface area contributed by atoms with E-state index < -0.39 is 0 Å². The standard InChI is InChI=1S/C16H25N3/c1-14-10-15(12-17-11-14)19-9-5-8-18-16(13-19)6-3-2-4-7-16/h10-12,18H,2-9,13H2,1H3. The second-order valence-corrected chi connectivity index (χ2v) is 6.26. The van der Waals surface area contributed by atoms with Crippen molar-refractivity contribution in [2.24, 2.45) is 0 Å². The maximum Gasteiger partial charge on any atom is 0.0556 e. The van der Waals surface area contributed by atoms with Crippen molar-refractivity contribution >= 4 is 5.69 Å². The van der Waals surface area contributed by atoms with Crippen LogP contribution in [0, 0.1) is 6.92 Å². The first-order valence-corrected chi connectivity index (χ1v) is 7.69. The molecule has 3 heteroatoms. The third-order valence-electron chi connectivity index (χ3n) is 4.63. The molecule has 0 unspecified atom stereocenters. The number of rotatable bonds is 1. The second kappa shape index (κ2) is 5.49. The summed E-state index contributed by atoms with van der Waals surface area (Å²) >= 11 is 0. The van der Waals surface area contributed by atoms with E-state index in [2.05, 4.69) is 28.2 Å². The fourth-order valence-electron chi connectivity index (χ4n) is 3.62. The molecule has 0 atom stereocenters. The van der Waals surface area contributed by atoms with Gasteiger partial charge in [0.25, 0.3) is 0 Å². The first-order chi connectivity index (χ1) is 9.27. The van der Waals surface area contributed by atoms with Gasteiger partial charge < -0.3 is 10.2 Å². The highest BCUT2D eigenvalue weighted by atomic mass is 15.2. The highest BCUT2D eigenvalue weighted by Gasteiger charge is 2.34. The summed E-state index contributed by atoms with van der Waals surface area (Å²) in [7, 11) is 0. The van der Waals surface area contributed by atoms with Gasteiger partial charge in [-0.3, -0.25) is 4.98 Å². The molecule has 1 aromatic heterocycles. The van der Waals surface area contributed by atoms with Crippen LogP contribution in [0.15, 0.2) is 18.5 Å². The summed E-state index contributed by atoms with van der Waals surface area (Å²) in [5, 5.41) is 3.85. The van der Waals surface area contributed by atoms with Crippen LogP contribution in [0.1, 0.15) is 44.1 Å². The molecule has 1 saturated heterocycles. The number of nitrogens with one attached hydrogen (secondary N) is 1. The third kappa shape index (κ3) is 2.92. The van der Waals surface area contributed by atoms with Crippen molar-refractivity contribution in [2.45, 2.75) is 51.0 Å².